The Balaban J connectivity index is 2.38. The van der Waals surface area contributed by atoms with E-state index < -0.39 is 10.0 Å². The molecule has 0 atom stereocenters. The van der Waals surface area contributed by atoms with Gasteiger partial charge < -0.3 is 9.64 Å². The zero-order valence-electron chi connectivity index (χ0n) is 14.7. The van der Waals surface area contributed by atoms with Crippen molar-refractivity contribution in [2.24, 2.45) is 9.18 Å². The summed E-state index contributed by atoms with van der Waals surface area (Å²) in [5.74, 6) is 0.614. The van der Waals surface area contributed by atoms with E-state index in [2.05, 4.69) is 22.5 Å². The highest BCUT2D eigenvalue weighted by Crippen LogP contribution is 2.34. The number of allylic oxidation sites excluding steroid dienone is 2. The third-order valence-electron chi connectivity index (χ3n) is 3.82. The first-order valence-corrected chi connectivity index (χ1v) is 9.86. The van der Waals surface area contributed by atoms with E-state index in [0.29, 0.717) is 5.75 Å². The molecule has 132 valence electrons. The summed E-state index contributed by atoms with van der Waals surface area (Å²) in [5.41, 5.74) is 1.28. The average Bonchev–Trinajstić information content (AvgIpc) is 2.51. The van der Waals surface area contributed by atoms with Crippen molar-refractivity contribution >= 4 is 26.0 Å². The Bertz CT molecular complexity index is 801. The molecule has 2 rings (SSSR count). The third-order valence-corrected chi connectivity index (χ3v) is 6.27. The summed E-state index contributed by atoms with van der Waals surface area (Å²) in [5, 5.41) is 0. The lowest BCUT2D eigenvalue weighted by atomic mass is 9.79. The van der Waals surface area contributed by atoms with E-state index in [9.17, 15) is 8.42 Å². The molecule has 24 heavy (non-hydrogen) atoms. The SMILES string of the molecule is COc1ccc(S(=O)(=O)N=S=C2C=C(N(C)C)CC(C)(C)C2)cc1. The molecular formula is C17H24N2O3S2. The molecule has 1 aromatic carbocycles. The molecule has 7 heteroatoms. The molecule has 1 aromatic rings. The van der Waals surface area contributed by atoms with Crippen LogP contribution in [-0.2, 0) is 21.2 Å². The fraction of sp³-hybridized carbons (Fsp3) is 0.471. The van der Waals surface area contributed by atoms with Crippen LogP contribution in [0.3, 0.4) is 0 Å². The molecule has 0 amide bonds. The quantitative estimate of drug-likeness (QED) is 0.766. The van der Waals surface area contributed by atoms with Gasteiger partial charge in [-0.15, -0.1) is 3.77 Å². The van der Waals surface area contributed by atoms with E-state index in [1.54, 1.807) is 19.2 Å². The standard InChI is InChI=1S/C17H24N2O3S2/c1-17(2)11-13(19(3)4)10-15(12-17)23-18-24(20,21)16-8-6-14(22-5)7-9-16/h6-10H,11-12H2,1-5H3. The molecule has 0 aromatic heterocycles. The largest absolute Gasteiger partial charge is 0.497 e. The monoisotopic (exact) mass is 368 g/mol. The van der Waals surface area contributed by atoms with E-state index in [4.69, 9.17) is 4.74 Å². The van der Waals surface area contributed by atoms with Crippen molar-refractivity contribution in [2.75, 3.05) is 21.2 Å². The Hall–Kier alpha value is -1.60. The van der Waals surface area contributed by atoms with Crippen molar-refractivity contribution in [3.63, 3.8) is 0 Å². The maximum atomic E-state index is 12.4. The maximum Gasteiger partial charge on any atom is 0.292 e. The Morgan fingerprint density at radius 2 is 1.79 bits per heavy atom. The molecule has 0 radical (unpaired) electrons. The fourth-order valence-electron chi connectivity index (χ4n) is 2.55. The third kappa shape index (κ3) is 4.70. The van der Waals surface area contributed by atoms with E-state index in [1.165, 1.54) is 17.8 Å². The van der Waals surface area contributed by atoms with Gasteiger partial charge >= 0.3 is 0 Å². The smallest absolute Gasteiger partial charge is 0.292 e. The second-order valence-corrected chi connectivity index (χ2v) is 9.56. The molecule has 0 fully saturated rings. The number of nitrogens with zero attached hydrogens (tertiary/aromatic N) is 2. The zero-order chi connectivity index (χ0) is 18.0. The van der Waals surface area contributed by atoms with Crippen LogP contribution in [0.5, 0.6) is 5.75 Å². The summed E-state index contributed by atoms with van der Waals surface area (Å²) in [7, 11) is 1.85. The summed E-state index contributed by atoms with van der Waals surface area (Å²) in [6.07, 6.45) is 3.83. The van der Waals surface area contributed by atoms with E-state index >= 15 is 0 Å². The van der Waals surface area contributed by atoms with Gasteiger partial charge in [-0.3, -0.25) is 0 Å². The van der Waals surface area contributed by atoms with Gasteiger partial charge in [0.25, 0.3) is 10.0 Å². The lowest BCUT2D eigenvalue weighted by Gasteiger charge is -2.33. The van der Waals surface area contributed by atoms with Crippen LogP contribution >= 0.6 is 0 Å². The molecule has 0 aliphatic heterocycles. The van der Waals surface area contributed by atoms with E-state index in [1.807, 2.05) is 20.2 Å². The highest BCUT2D eigenvalue weighted by molar-refractivity contribution is 7.95. The van der Waals surface area contributed by atoms with Crippen molar-refractivity contribution in [1.29, 1.82) is 0 Å². The minimum absolute atomic E-state index is 0.0933. The lowest BCUT2D eigenvalue weighted by Crippen LogP contribution is -2.27. The summed E-state index contributed by atoms with van der Waals surface area (Å²) < 4.78 is 33.7. The number of hydrogen-bond acceptors (Lipinski definition) is 4. The Labute approximate surface area is 148 Å². The maximum absolute atomic E-state index is 12.4. The number of hydrogen-bond donors (Lipinski definition) is 0. The first-order chi connectivity index (χ1) is 11.1. The predicted molar refractivity (Wildman–Crippen MR) is 99.8 cm³/mol. The predicted octanol–water partition coefficient (Wildman–Crippen LogP) is 3.09. The van der Waals surface area contributed by atoms with Crippen LogP contribution in [-0.4, -0.2) is 39.4 Å². The first-order valence-electron chi connectivity index (χ1n) is 7.65. The molecule has 0 unspecified atom stereocenters. The Kier molecular flexibility index (Phi) is 5.55. The van der Waals surface area contributed by atoms with Crippen LogP contribution in [0.4, 0.5) is 0 Å². The van der Waals surface area contributed by atoms with E-state index in [0.717, 1.165) is 28.9 Å². The number of benzene rings is 1. The van der Waals surface area contributed by atoms with Crippen LogP contribution in [0.15, 0.2) is 44.7 Å². The van der Waals surface area contributed by atoms with Crippen LogP contribution in [0, 0.1) is 5.41 Å². The Morgan fingerprint density at radius 3 is 2.33 bits per heavy atom. The fourth-order valence-corrected chi connectivity index (χ4v) is 4.79. The van der Waals surface area contributed by atoms with Crippen molar-refractivity contribution in [3.05, 3.63) is 36.0 Å². The number of methoxy groups -OCH3 is 1. The van der Waals surface area contributed by atoms with Gasteiger partial charge in [-0.1, -0.05) is 13.8 Å². The van der Waals surface area contributed by atoms with Crippen molar-refractivity contribution in [1.82, 2.24) is 4.90 Å². The van der Waals surface area contributed by atoms with Crippen LogP contribution in [0.25, 0.3) is 0 Å². The average molecular weight is 369 g/mol. The number of sulfonamides is 1. The molecule has 0 spiro atoms. The van der Waals surface area contributed by atoms with Gasteiger partial charge in [-0.2, -0.15) is 8.42 Å². The molecule has 1 aliphatic carbocycles. The Morgan fingerprint density at radius 1 is 1.17 bits per heavy atom. The molecule has 5 nitrogen and oxygen atoms in total. The number of ether oxygens (including phenoxy) is 1. The molecule has 0 N–H and O–H groups in total. The molecule has 0 bridgehead atoms. The lowest BCUT2D eigenvalue weighted by molar-refractivity contribution is 0.328. The van der Waals surface area contributed by atoms with Gasteiger partial charge in [0.05, 0.1) is 12.0 Å². The normalized spacial score (nSPS) is 17.0. The van der Waals surface area contributed by atoms with Gasteiger partial charge in [-0.05, 0) is 59.7 Å². The second kappa shape index (κ2) is 7.11. The van der Waals surface area contributed by atoms with Gasteiger partial charge in [0.15, 0.2) is 0 Å². The van der Waals surface area contributed by atoms with Crippen LogP contribution in [0.2, 0.25) is 0 Å². The van der Waals surface area contributed by atoms with Gasteiger partial charge in [0, 0.05) is 24.7 Å². The summed E-state index contributed by atoms with van der Waals surface area (Å²) in [6.45, 7) is 4.37. The summed E-state index contributed by atoms with van der Waals surface area (Å²) in [4.78, 5) is 3.20. The molecule has 0 saturated carbocycles. The summed E-state index contributed by atoms with van der Waals surface area (Å²) >= 11 is 1.05. The first kappa shape index (κ1) is 18.7. The second-order valence-electron chi connectivity index (χ2n) is 6.83. The van der Waals surface area contributed by atoms with E-state index in [-0.39, 0.29) is 10.3 Å². The van der Waals surface area contributed by atoms with Crippen LogP contribution < -0.4 is 4.74 Å². The molecular weight excluding hydrogens is 344 g/mol. The van der Waals surface area contributed by atoms with Gasteiger partial charge in [-0.25, -0.2) is 0 Å². The van der Waals surface area contributed by atoms with Crippen molar-refractivity contribution < 1.29 is 13.2 Å². The highest BCUT2D eigenvalue weighted by Gasteiger charge is 2.26. The van der Waals surface area contributed by atoms with Gasteiger partial charge in [0.1, 0.15) is 5.75 Å². The zero-order valence-corrected chi connectivity index (χ0v) is 16.4. The highest BCUT2D eigenvalue weighted by atomic mass is 32.2. The molecule has 1 aliphatic rings. The number of rotatable bonds is 4. The van der Waals surface area contributed by atoms with Crippen LogP contribution in [0.1, 0.15) is 26.7 Å². The topological polar surface area (TPSA) is 59.0 Å². The molecule has 0 heterocycles. The van der Waals surface area contributed by atoms with Gasteiger partial charge in [0.2, 0.25) is 0 Å². The minimum Gasteiger partial charge on any atom is -0.497 e. The van der Waals surface area contributed by atoms with Crippen molar-refractivity contribution in [2.45, 2.75) is 31.6 Å². The van der Waals surface area contributed by atoms with Crippen molar-refractivity contribution in [3.8, 4) is 5.75 Å². The summed E-state index contributed by atoms with van der Waals surface area (Å²) in [6, 6.07) is 6.26. The minimum atomic E-state index is -3.69. The molecule has 0 saturated heterocycles.